The van der Waals surface area contributed by atoms with Gasteiger partial charge in [0.25, 0.3) is 0 Å². The molecule has 1 atom stereocenters. The SMILES string of the molecule is COc1ccc(S(=O)(=O)NC2CCNC2)cc1.Cl. The summed E-state index contributed by atoms with van der Waals surface area (Å²) in [7, 11) is -1.87. The van der Waals surface area contributed by atoms with E-state index < -0.39 is 10.0 Å². The Bertz CT molecular complexity index is 470. The van der Waals surface area contributed by atoms with Crippen LogP contribution in [0.4, 0.5) is 0 Å². The van der Waals surface area contributed by atoms with E-state index in [4.69, 9.17) is 4.74 Å². The Kier molecular flexibility index (Phi) is 5.40. The number of hydrogen-bond acceptors (Lipinski definition) is 4. The second-order valence-corrected chi connectivity index (χ2v) is 5.70. The summed E-state index contributed by atoms with van der Waals surface area (Å²) in [6.45, 7) is 1.55. The van der Waals surface area contributed by atoms with E-state index >= 15 is 0 Å². The molecule has 2 N–H and O–H groups in total. The molecule has 0 saturated carbocycles. The van der Waals surface area contributed by atoms with E-state index in [2.05, 4.69) is 10.0 Å². The fraction of sp³-hybridized carbons (Fsp3) is 0.455. The van der Waals surface area contributed by atoms with Crippen molar-refractivity contribution in [2.24, 2.45) is 0 Å². The first-order valence-corrected chi connectivity index (χ1v) is 6.97. The van der Waals surface area contributed by atoms with E-state index in [1.165, 1.54) is 0 Å². The van der Waals surface area contributed by atoms with Crippen LogP contribution in [0.1, 0.15) is 6.42 Å². The molecule has 0 bridgehead atoms. The number of halogens is 1. The molecule has 1 fully saturated rings. The summed E-state index contributed by atoms with van der Waals surface area (Å²) in [5, 5.41) is 3.12. The van der Waals surface area contributed by atoms with E-state index in [1.807, 2.05) is 0 Å². The van der Waals surface area contributed by atoms with Crippen molar-refractivity contribution in [3.8, 4) is 5.75 Å². The van der Waals surface area contributed by atoms with Crippen LogP contribution in [0.2, 0.25) is 0 Å². The van der Waals surface area contributed by atoms with Crippen molar-refractivity contribution in [2.45, 2.75) is 17.4 Å². The van der Waals surface area contributed by atoms with Gasteiger partial charge in [-0.1, -0.05) is 0 Å². The third-order valence-corrected chi connectivity index (χ3v) is 4.29. The van der Waals surface area contributed by atoms with Gasteiger partial charge in [-0.15, -0.1) is 12.4 Å². The zero-order valence-corrected chi connectivity index (χ0v) is 11.7. The molecule has 1 aliphatic rings. The molecule has 0 amide bonds. The lowest BCUT2D eigenvalue weighted by molar-refractivity contribution is 0.414. The molecule has 0 spiro atoms. The van der Waals surface area contributed by atoms with E-state index in [1.54, 1.807) is 31.4 Å². The summed E-state index contributed by atoms with van der Waals surface area (Å²) in [5.41, 5.74) is 0. The third-order valence-electron chi connectivity index (χ3n) is 2.75. The fourth-order valence-corrected chi connectivity index (χ4v) is 3.07. The largest absolute Gasteiger partial charge is 0.497 e. The summed E-state index contributed by atoms with van der Waals surface area (Å²) in [6.07, 6.45) is 0.829. The van der Waals surface area contributed by atoms with Gasteiger partial charge in [-0.2, -0.15) is 0 Å². The highest BCUT2D eigenvalue weighted by Gasteiger charge is 2.22. The van der Waals surface area contributed by atoms with Gasteiger partial charge >= 0.3 is 0 Å². The van der Waals surface area contributed by atoms with E-state index in [0.717, 1.165) is 13.0 Å². The van der Waals surface area contributed by atoms with Crippen LogP contribution in [0.15, 0.2) is 29.2 Å². The zero-order chi connectivity index (χ0) is 12.3. The lowest BCUT2D eigenvalue weighted by Crippen LogP contribution is -2.36. The first-order chi connectivity index (χ1) is 8.12. The fourth-order valence-electron chi connectivity index (χ4n) is 1.80. The Morgan fingerprint density at radius 3 is 2.50 bits per heavy atom. The monoisotopic (exact) mass is 292 g/mol. The van der Waals surface area contributed by atoms with Crippen molar-refractivity contribution in [1.29, 1.82) is 0 Å². The van der Waals surface area contributed by atoms with Gasteiger partial charge in [0.1, 0.15) is 5.75 Å². The predicted octanol–water partition coefficient (Wildman–Crippen LogP) is 0.757. The molecule has 102 valence electrons. The van der Waals surface area contributed by atoms with Crippen molar-refractivity contribution in [1.82, 2.24) is 10.0 Å². The summed E-state index contributed by atoms with van der Waals surface area (Å²) < 4.78 is 31.7. The van der Waals surface area contributed by atoms with Gasteiger partial charge in [0, 0.05) is 12.6 Å². The average molecular weight is 293 g/mol. The first kappa shape index (κ1) is 15.2. The van der Waals surface area contributed by atoms with Gasteiger partial charge in [-0.05, 0) is 37.2 Å². The van der Waals surface area contributed by atoms with Gasteiger partial charge in [0.15, 0.2) is 0 Å². The number of rotatable bonds is 4. The maximum Gasteiger partial charge on any atom is 0.240 e. The minimum Gasteiger partial charge on any atom is -0.497 e. The quantitative estimate of drug-likeness (QED) is 0.860. The number of methoxy groups -OCH3 is 1. The minimum absolute atomic E-state index is 0. The normalized spacial score (nSPS) is 19.3. The molecule has 0 aromatic heterocycles. The molecule has 1 aromatic rings. The molecule has 18 heavy (non-hydrogen) atoms. The van der Waals surface area contributed by atoms with Gasteiger partial charge < -0.3 is 10.1 Å². The Morgan fingerprint density at radius 2 is 2.00 bits per heavy atom. The molecular formula is C11H17ClN2O3S. The van der Waals surface area contributed by atoms with Gasteiger partial charge in [0.05, 0.1) is 12.0 Å². The third kappa shape index (κ3) is 3.58. The molecule has 5 nitrogen and oxygen atoms in total. The van der Waals surface area contributed by atoms with Crippen LogP contribution in [0.25, 0.3) is 0 Å². The van der Waals surface area contributed by atoms with Gasteiger partial charge in [-0.25, -0.2) is 13.1 Å². The smallest absolute Gasteiger partial charge is 0.240 e. The number of ether oxygens (including phenoxy) is 1. The van der Waals surface area contributed by atoms with E-state index in [9.17, 15) is 8.42 Å². The second-order valence-electron chi connectivity index (χ2n) is 3.99. The molecule has 1 heterocycles. The minimum atomic E-state index is -3.41. The van der Waals surface area contributed by atoms with Crippen LogP contribution >= 0.6 is 12.4 Å². The average Bonchev–Trinajstić information content (AvgIpc) is 2.81. The summed E-state index contributed by atoms with van der Waals surface area (Å²) >= 11 is 0. The second kappa shape index (κ2) is 6.38. The predicted molar refractivity (Wildman–Crippen MR) is 71.8 cm³/mol. The van der Waals surface area contributed by atoms with Crippen molar-refractivity contribution >= 4 is 22.4 Å². The Labute approximate surface area is 113 Å². The van der Waals surface area contributed by atoms with Crippen LogP contribution < -0.4 is 14.8 Å². The molecule has 1 aromatic carbocycles. The number of hydrogen-bond donors (Lipinski definition) is 2. The molecule has 1 unspecified atom stereocenters. The summed E-state index contributed by atoms with van der Waals surface area (Å²) in [5.74, 6) is 0.645. The Hall–Kier alpha value is -0.820. The highest BCUT2D eigenvalue weighted by molar-refractivity contribution is 7.89. The Morgan fingerprint density at radius 1 is 1.33 bits per heavy atom. The number of benzene rings is 1. The summed E-state index contributed by atoms with van der Waals surface area (Å²) in [4.78, 5) is 0.269. The molecule has 1 saturated heterocycles. The molecular weight excluding hydrogens is 276 g/mol. The van der Waals surface area contributed by atoms with Crippen LogP contribution in [-0.2, 0) is 10.0 Å². The van der Waals surface area contributed by atoms with Crippen molar-refractivity contribution in [3.05, 3.63) is 24.3 Å². The van der Waals surface area contributed by atoms with Crippen molar-refractivity contribution in [2.75, 3.05) is 20.2 Å². The van der Waals surface area contributed by atoms with Crippen LogP contribution in [0.3, 0.4) is 0 Å². The molecule has 0 radical (unpaired) electrons. The van der Waals surface area contributed by atoms with Gasteiger partial charge in [0.2, 0.25) is 10.0 Å². The van der Waals surface area contributed by atoms with Crippen LogP contribution in [-0.4, -0.2) is 34.7 Å². The topological polar surface area (TPSA) is 67.4 Å². The maximum atomic E-state index is 12.0. The Balaban J connectivity index is 0.00000162. The number of nitrogens with one attached hydrogen (secondary N) is 2. The summed E-state index contributed by atoms with van der Waals surface area (Å²) in [6, 6.07) is 6.36. The number of sulfonamides is 1. The highest BCUT2D eigenvalue weighted by Crippen LogP contribution is 2.16. The van der Waals surface area contributed by atoms with Crippen molar-refractivity contribution in [3.63, 3.8) is 0 Å². The molecule has 0 aliphatic carbocycles. The van der Waals surface area contributed by atoms with E-state index in [0.29, 0.717) is 12.3 Å². The van der Waals surface area contributed by atoms with Crippen LogP contribution in [0, 0.1) is 0 Å². The zero-order valence-electron chi connectivity index (χ0n) is 10.0. The molecule has 7 heteroatoms. The van der Waals surface area contributed by atoms with E-state index in [-0.39, 0.29) is 23.3 Å². The molecule has 1 aliphatic heterocycles. The standard InChI is InChI=1S/C11H16N2O3S.ClH/c1-16-10-2-4-11(5-3-10)17(14,15)13-9-6-7-12-8-9;/h2-5,9,12-13H,6-8H2,1H3;1H. The lowest BCUT2D eigenvalue weighted by atomic mass is 10.3. The lowest BCUT2D eigenvalue weighted by Gasteiger charge is -2.12. The first-order valence-electron chi connectivity index (χ1n) is 5.49. The highest BCUT2D eigenvalue weighted by atomic mass is 35.5. The van der Waals surface area contributed by atoms with Gasteiger partial charge in [-0.3, -0.25) is 0 Å². The van der Waals surface area contributed by atoms with Crippen LogP contribution in [0.5, 0.6) is 5.75 Å². The van der Waals surface area contributed by atoms with Crippen molar-refractivity contribution < 1.29 is 13.2 Å². The molecule has 2 rings (SSSR count). The maximum absolute atomic E-state index is 12.0.